The molecule has 0 aromatic rings. The number of allylic oxidation sites excluding steroid dienone is 2. The van der Waals surface area contributed by atoms with Crippen LogP contribution >= 0.6 is 12.8 Å². The summed E-state index contributed by atoms with van der Waals surface area (Å²) < 4.78 is 1.67. The molecule has 3 heteroatoms. The topological polar surface area (TPSA) is 27.0 Å². The van der Waals surface area contributed by atoms with Crippen LogP contribution in [0.15, 0.2) is 23.9 Å². The van der Waals surface area contributed by atoms with E-state index in [-0.39, 0.29) is 0 Å². The maximum atomic E-state index is 8.40. The van der Waals surface area contributed by atoms with Crippen LogP contribution in [0.3, 0.4) is 0 Å². The molecular formula is C6H6N2S. The number of nitriles is 1. The van der Waals surface area contributed by atoms with Crippen LogP contribution < -0.4 is 0 Å². The predicted octanol–water partition coefficient (Wildman–Crippen LogP) is 1.11. The Labute approximate surface area is 59.6 Å². The van der Waals surface area contributed by atoms with Gasteiger partial charge in [0.1, 0.15) is 0 Å². The van der Waals surface area contributed by atoms with Crippen LogP contribution in [-0.4, -0.2) is 10.8 Å². The summed E-state index contributed by atoms with van der Waals surface area (Å²) in [6.07, 6.45) is 5.39. The fraction of sp³-hybridized carbons (Fsp3) is 0.167. The fourth-order valence-corrected chi connectivity index (χ4v) is 0.840. The molecule has 0 amide bonds. The lowest BCUT2D eigenvalue weighted by molar-refractivity contribution is 0.685. The Morgan fingerprint density at radius 2 is 2.56 bits per heavy atom. The Hall–Kier alpha value is -0.880. The second kappa shape index (κ2) is 2.60. The Morgan fingerprint density at radius 1 is 1.78 bits per heavy atom. The van der Waals surface area contributed by atoms with Crippen molar-refractivity contribution in [2.24, 2.45) is 0 Å². The Morgan fingerprint density at radius 3 is 3.00 bits per heavy atom. The van der Waals surface area contributed by atoms with Gasteiger partial charge in [-0.3, -0.25) is 0 Å². The van der Waals surface area contributed by atoms with Crippen LogP contribution in [0.2, 0.25) is 0 Å². The predicted molar refractivity (Wildman–Crippen MR) is 38.5 cm³/mol. The summed E-state index contributed by atoms with van der Waals surface area (Å²) in [6.45, 7) is 0.607. The largest absolute Gasteiger partial charge is 0.321 e. The van der Waals surface area contributed by atoms with Gasteiger partial charge in [-0.05, 0) is 12.2 Å². The first-order valence-electron chi connectivity index (χ1n) is 2.56. The van der Waals surface area contributed by atoms with Gasteiger partial charge in [-0.1, -0.05) is 12.8 Å². The zero-order valence-electron chi connectivity index (χ0n) is 4.78. The molecule has 0 fully saturated rings. The smallest absolute Gasteiger partial charge is 0.0966 e. The van der Waals surface area contributed by atoms with Gasteiger partial charge < -0.3 is 4.31 Å². The van der Waals surface area contributed by atoms with Crippen molar-refractivity contribution in [2.75, 3.05) is 6.54 Å². The van der Waals surface area contributed by atoms with Gasteiger partial charge in [0.25, 0.3) is 0 Å². The molecule has 9 heavy (non-hydrogen) atoms. The van der Waals surface area contributed by atoms with E-state index < -0.39 is 0 Å². The number of rotatable bonds is 0. The highest BCUT2D eigenvalue weighted by Crippen LogP contribution is 2.06. The van der Waals surface area contributed by atoms with E-state index in [1.165, 1.54) is 0 Å². The average Bonchev–Trinajstić information content (AvgIpc) is 1.88. The Balaban J connectivity index is 2.69. The van der Waals surface area contributed by atoms with Crippen molar-refractivity contribution in [2.45, 2.75) is 0 Å². The second-order valence-corrected chi connectivity index (χ2v) is 2.26. The number of nitrogens with zero attached hydrogens (tertiary/aromatic N) is 2. The zero-order chi connectivity index (χ0) is 6.69. The van der Waals surface area contributed by atoms with Gasteiger partial charge in [0.15, 0.2) is 0 Å². The van der Waals surface area contributed by atoms with Gasteiger partial charge in [-0.25, -0.2) is 0 Å². The summed E-state index contributed by atoms with van der Waals surface area (Å²) in [4.78, 5) is 0. The molecule has 0 radical (unpaired) electrons. The highest BCUT2D eigenvalue weighted by Gasteiger charge is 2.00. The fourth-order valence-electron chi connectivity index (χ4n) is 0.611. The normalized spacial score (nSPS) is 16.9. The van der Waals surface area contributed by atoms with Crippen LogP contribution in [0.4, 0.5) is 0 Å². The number of hydrogen-bond donors (Lipinski definition) is 1. The molecule has 1 heterocycles. The maximum Gasteiger partial charge on any atom is 0.0966 e. The van der Waals surface area contributed by atoms with E-state index >= 15 is 0 Å². The number of thiol groups is 1. The molecule has 0 saturated heterocycles. The molecule has 0 N–H and O–H groups in total. The molecule has 0 unspecified atom stereocenters. The average molecular weight is 138 g/mol. The summed E-state index contributed by atoms with van der Waals surface area (Å²) in [5.74, 6) is 0. The van der Waals surface area contributed by atoms with E-state index in [1.54, 1.807) is 16.5 Å². The Kier molecular flexibility index (Phi) is 1.81. The van der Waals surface area contributed by atoms with E-state index in [1.807, 2.05) is 6.20 Å². The van der Waals surface area contributed by atoms with Crippen molar-refractivity contribution < 1.29 is 0 Å². The molecule has 2 nitrogen and oxygen atoms in total. The lowest BCUT2D eigenvalue weighted by atomic mass is 10.2. The van der Waals surface area contributed by atoms with Crippen LogP contribution in [0.25, 0.3) is 0 Å². The first-order valence-corrected chi connectivity index (χ1v) is 2.96. The van der Waals surface area contributed by atoms with E-state index in [9.17, 15) is 0 Å². The minimum Gasteiger partial charge on any atom is -0.321 e. The van der Waals surface area contributed by atoms with Crippen LogP contribution in [0.5, 0.6) is 0 Å². The van der Waals surface area contributed by atoms with Gasteiger partial charge in [-0.15, -0.1) is 0 Å². The summed E-state index contributed by atoms with van der Waals surface area (Å²) in [6, 6.07) is 2.05. The van der Waals surface area contributed by atoms with Crippen molar-refractivity contribution in [1.82, 2.24) is 4.31 Å². The lowest BCUT2D eigenvalue weighted by Gasteiger charge is -2.13. The molecule has 0 saturated carbocycles. The minimum absolute atomic E-state index is 0.607. The molecule has 0 aromatic heterocycles. The monoisotopic (exact) mass is 138 g/mol. The molecule has 0 aromatic carbocycles. The van der Waals surface area contributed by atoms with E-state index in [4.69, 9.17) is 5.26 Å². The quantitative estimate of drug-likeness (QED) is 0.508. The SMILES string of the molecule is N#CC1=CC=CN(S)C1. The van der Waals surface area contributed by atoms with Gasteiger partial charge >= 0.3 is 0 Å². The third kappa shape index (κ3) is 1.51. The van der Waals surface area contributed by atoms with Crippen molar-refractivity contribution in [3.05, 3.63) is 23.9 Å². The van der Waals surface area contributed by atoms with Gasteiger partial charge in [0.05, 0.1) is 12.6 Å². The van der Waals surface area contributed by atoms with Crippen LogP contribution in [-0.2, 0) is 0 Å². The summed E-state index contributed by atoms with van der Waals surface area (Å²) in [5.41, 5.74) is 0.743. The Bertz CT molecular complexity index is 200. The van der Waals surface area contributed by atoms with E-state index in [0.717, 1.165) is 5.57 Å². The zero-order valence-corrected chi connectivity index (χ0v) is 5.68. The first-order chi connectivity index (χ1) is 4.33. The molecule has 46 valence electrons. The molecule has 1 rings (SSSR count). The van der Waals surface area contributed by atoms with Crippen molar-refractivity contribution >= 4 is 12.8 Å². The van der Waals surface area contributed by atoms with Crippen LogP contribution in [0, 0.1) is 11.3 Å². The third-order valence-corrected chi connectivity index (χ3v) is 1.31. The van der Waals surface area contributed by atoms with E-state index in [2.05, 4.69) is 18.9 Å². The standard InChI is InChI=1S/C6H6N2S/c7-4-6-2-1-3-8(9)5-6/h1-3,9H,5H2. The van der Waals surface area contributed by atoms with Crippen molar-refractivity contribution in [3.8, 4) is 6.07 Å². The highest BCUT2D eigenvalue weighted by molar-refractivity contribution is 7.77. The second-order valence-electron chi connectivity index (χ2n) is 1.74. The molecule has 0 spiro atoms. The highest BCUT2D eigenvalue weighted by atomic mass is 32.1. The molecule has 0 bridgehead atoms. The van der Waals surface area contributed by atoms with Gasteiger partial charge in [-0.2, -0.15) is 5.26 Å². The molecule has 1 aliphatic heterocycles. The van der Waals surface area contributed by atoms with Crippen LogP contribution in [0.1, 0.15) is 0 Å². The van der Waals surface area contributed by atoms with Crippen molar-refractivity contribution in [3.63, 3.8) is 0 Å². The van der Waals surface area contributed by atoms with Gasteiger partial charge in [0.2, 0.25) is 0 Å². The number of hydrogen-bond acceptors (Lipinski definition) is 3. The van der Waals surface area contributed by atoms with E-state index in [0.29, 0.717) is 6.54 Å². The third-order valence-electron chi connectivity index (χ3n) is 1.03. The summed E-state index contributed by atoms with van der Waals surface area (Å²) >= 11 is 4.03. The molecular weight excluding hydrogens is 132 g/mol. The lowest BCUT2D eigenvalue weighted by Crippen LogP contribution is -2.09. The summed E-state index contributed by atoms with van der Waals surface area (Å²) in [5, 5.41) is 8.40. The summed E-state index contributed by atoms with van der Waals surface area (Å²) in [7, 11) is 0. The van der Waals surface area contributed by atoms with Crippen molar-refractivity contribution in [1.29, 1.82) is 5.26 Å². The minimum atomic E-state index is 0.607. The molecule has 0 atom stereocenters. The van der Waals surface area contributed by atoms with Gasteiger partial charge in [0, 0.05) is 11.8 Å². The molecule has 0 aliphatic carbocycles. The molecule has 1 aliphatic rings. The first kappa shape index (κ1) is 6.24. The maximum absolute atomic E-state index is 8.40.